The van der Waals surface area contributed by atoms with Crippen LogP contribution in [0, 0.1) is 5.82 Å². The number of nitrogens with two attached hydrogens (primary N) is 1. The van der Waals surface area contributed by atoms with Crippen LogP contribution in [0.4, 0.5) is 10.1 Å². The molecule has 0 bridgehead atoms. The average molecular weight is 511 g/mol. The maximum atomic E-state index is 14.6. The highest BCUT2D eigenvalue weighted by Crippen LogP contribution is 2.22. The fourth-order valence-corrected chi connectivity index (χ4v) is 3.42. The highest BCUT2D eigenvalue weighted by molar-refractivity contribution is 14.0. The minimum atomic E-state index is -0.187. The SMILES string of the molecule is CCN1CCN(c2ccc(CN=C(N)NCCc3ccccc3)cc2F)CC1.I. The molecule has 1 saturated heterocycles. The molecule has 0 saturated carbocycles. The summed E-state index contributed by atoms with van der Waals surface area (Å²) in [5.41, 5.74) is 8.68. The number of nitrogens with zero attached hydrogens (tertiary/aromatic N) is 3. The van der Waals surface area contributed by atoms with Crippen LogP contribution >= 0.6 is 24.0 Å². The van der Waals surface area contributed by atoms with Crippen LogP contribution in [0.3, 0.4) is 0 Å². The number of piperazine rings is 1. The smallest absolute Gasteiger partial charge is 0.188 e. The van der Waals surface area contributed by atoms with E-state index in [0.717, 1.165) is 51.3 Å². The Hall–Kier alpha value is -1.87. The van der Waals surface area contributed by atoms with E-state index in [4.69, 9.17) is 5.73 Å². The highest BCUT2D eigenvalue weighted by Gasteiger charge is 2.18. The van der Waals surface area contributed by atoms with E-state index in [1.165, 1.54) is 5.56 Å². The monoisotopic (exact) mass is 511 g/mol. The first-order valence-electron chi connectivity index (χ1n) is 9.99. The zero-order chi connectivity index (χ0) is 19.8. The second kappa shape index (κ2) is 12.0. The molecule has 3 rings (SSSR count). The molecule has 1 fully saturated rings. The highest BCUT2D eigenvalue weighted by atomic mass is 127. The van der Waals surface area contributed by atoms with E-state index in [-0.39, 0.29) is 29.8 Å². The molecular formula is C22H31FIN5. The summed E-state index contributed by atoms with van der Waals surface area (Å²) in [5.74, 6) is 0.198. The van der Waals surface area contributed by atoms with E-state index in [9.17, 15) is 4.39 Å². The molecule has 3 N–H and O–H groups in total. The van der Waals surface area contributed by atoms with Crippen LogP contribution in [-0.4, -0.2) is 50.1 Å². The summed E-state index contributed by atoms with van der Waals surface area (Å²) in [4.78, 5) is 8.83. The van der Waals surface area contributed by atoms with Crippen LogP contribution in [0.5, 0.6) is 0 Å². The molecular weight excluding hydrogens is 480 g/mol. The first-order valence-corrected chi connectivity index (χ1v) is 9.99. The number of anilines is 1. The van der Waals surface area contributed by atoms with Gasteiger partial charge in [-0.3, -0.25) is 0 Å². The minimum Gasteiger partial charge on any atom is -0.370 e. The van der Waals surface area contributed by atoms with Crippen molar-refractivity contribution in [3.05, 3.63) is 65.5 Å². The lowest BCUT2D eigenvalue weighted by atomic mass is 10.1. The summed E-state index contributed by atoms with van der Waals surface area (Å²) in [7, 11) is 0. The fourth-order valence-electron chi connectivity index (χ4n) is 3.42. The third-order valence-corrected chi connectivity index (χ3v) is 5.17. The van der Waals surface area contributed by atoms with Gasteiger partial charge in [0.25, 0.3) is 0 Å². The first-order chi connectivity index (χ1) is 13.7. The van der Waals surface area contributed by atoms with Crippen molar-refractivity contribution in [3.8, 4) is 0 Å². The van der Waals surface area contributed by atoms with Gasteiger partial charge in [0.2, 0.25) is 0 Å². The van der Waals surface area contributed by atoms with E-state index in [1.807, 2.05) is 30.3 Å². The first kappa shape index (κ1) is 23.4. The Morgan fingerprint density at radius 1 is 1.07 bits per heavy atom. The van der Waals surface area contributed by atoms with Gasteiger partial charge in [-0.15, -0.1) is 24.0 Å². The van der Waals surface area contributed by atoms with Crippen molar-refractivity contribution in [1.82, 2.24) is 10.2 Å². The molecule has 2 aromatic rings. The summed E-state index contributed by atoms with van der Waals surface area (Å²) in [6, 6.07) is 15.6. The van der Waals surface area contributed by atoms with Crippen LogP contribution in [0.25, 0.3) is 0 Å². The van der Waals surface area contributed by atoms with Gasteiger partial charge in [0.1, 0.15) is 5.82 Å². The van der Waals surface area contributed by atoms with Crippen LogP contribution < -0.4 is 16.0 Å². The predicted octanol–water partition coefficient (Wildman–Crippen LogP) is 3.23. The van der Waals surface area contributed by atoms with Crippen molar-refractivity contribution < 1.29 is 4.39 Å². The van der Waals surface area contributed by atoms with E-state index in [0.29, 0.717) is 18.2 Å². The van der Waals surface area contributed by atoms with Crippen molar-refractivity contribution >= 4 is 35.6 Å². The number of hydrogen-bond acceptors (Lipinski definition) is 3. The molecule has 7 heteroatoms. The maximum Gasteiger partial charge on any atom is 0.188 e. The normalized spacial score (nSPS) is 15.1. The molecule has 29 heavy (non-hydrogen) atoms. The molecule has 0 unspecified atom stereocenters. The lowest BCUT2D eigenvalue weighted by Crippen LogP contribution is -2.46. The molecule has 0 radical (unpaired) electrons. The number of aliphatic imine (C=N–C) groups is 1. The van der Waals surface area contributed by atoms with Gasteiger partial charge in [-0.25, -0.2) is 9.38 Å². The molecule has 0 aliphatic carbocycles. The number of hydrogen-bond donors (Lipinski definition) is 2. The van der Waals surface area contributed by atoms with Gasteiger partial charge in [0, 0.05) is 32.7 Å². The number of likely N-dealkylation sites (N-methyl/N-ethyl adjacent to an activating group) is 1. The van der Waals surface area contributed by atoms with Crippen molar-refractivity contribution in [1.29, 1.82) is 0 Å². The molecule has 0 amide bonds. The second-order valence-corrected chi connectivity index (χ2v) is 7.07. The third-order valence-electron chi connectivity index (χ3n) is 5.17. The van der Waals surface area contributed by atoms with Crippen LogP contribution in [0.2, 0.25) is 0 Å². The summed E-state index contributed by atoms with van der Waals surface area (Å²) >= 11 is 0. The average Bonchev–Trinajstić information content (AvgIpc) is 2.73. The summed E-state index contributed by atoms with van der Waals surface area (Å²) in [5, 5.41) is 3.11. The van der Waals surface area contributed by atoms with E-state index in [1.54, 1.807) is 6.07 Å². The Morgan fingerprint density at radius 2 is 1.79 bits per heavy atom. The van der Waals surface area contributed by atoms with Gasteiger partial charge in [0.05, 0.1) is 12.2 Å². The number of nitrogens with one attached hydrogen (secondary N) is 1. The maximum absolute atomic E-state index is 14.6. The molecule has 158 valence electrons. The topological polar surface area (TPSA) is 56.9 Å². The van der Waals surface area contributed by atoms with E-state index in [2.05, 4.69) is 39.2 Å². The number of guanidine groups is 1. The molecule has 1 aliphatic heterocycles. The van der Waals surface area contributed by atoms with E-state index < -0.39 is 0 Å². The third kappa shape index (κ3) is 7.15. The van der Waals surface area contributed by atoms with Gasteiger partial charge in [0.15, 0.2) is 5.96 Å². The standard InChI is InChI=1S/C22H30FN5.HI/c1-2-27-12-14-28(15-13-27)21-9-8-19(16-20(21)23)17-26-22(24)25-11-10-18-6-4-3-5-7-18;/h3-9,16H,2,10-15,17H2,1H3,(H3,24,25,26);1H. The van der Waals surface area contributed by atoms with Crippen LogP contribution in [-0.2, 0) is 13.0 Å². The van der Waals surface area contributed by atoms with Gasteiger partial charge in [-0.1, -0.05) is 43.3 Å². The summed E-state index contributed by atoms with van der Waals surface area (Å²) in [6.07, 6.45) is 0.881. The Morgan fingerprint density at radius 3 is 2.45 bits per heavy atom. The summed E-state index contributed by atoms with van der Waals surface area (Å²) in [6.45, 7) is 7.98. The fraction of sp³-hybridized carbons (Fsp3) is 0.409. The molecule has 0 spiro atoms. The van der Waals surface area contributed by atoms with Gasteiger partial charge < -0.3 is 20.9 Å². The predicted molar refractivity (Wildman–Crippen MR) is 130 cm³/mol. The largest absolute Gasteiger partial charge is 0.370 e. The Bertz CT molecular complexity index is 776. The lowest BCUT2D eigenvalue weighted by molar-refractivity contribution is 0.270. The molecule has 1 aliphatic rings. The van der Waals surface area contributed by atoms with Crippen LogP contribution in [0.1, 0.15) is 18.1 Å². The van der Waals surface area contributed by atoms with E-state index >= 15 is 0 Å². The Kier molecular flexibility index (Phi) is 9.66. The molecule has 1 heterocycles. The molecule has 0 atom stereocenters. The zero-order valence-corrected chi connectivity index (χ0v) is 19.3. The van der Waals surface area contributed by atoms with Crippen molar-refractivity contribution in [2.75, 3.05) is 44.2 Å². The molecule has 2 aromatic carbocycles. The lowest BCUT2D eigenvalue weighted by Gasteiger charge is -2.35. The zero-order valence-electron chi connectivity index (χ0n) is 17.0. The summed E-state index contributed by atoms with van der Waals surface area (Å²) < 4.78 is 14.6. The van der Waals surface area contributed by atoms with Crippen molar-refractivity contribution in [2.45, 2.75) is 19.9 Å². The Labute approximate surface area is 190 Å². The second-order valence-electron chi connectivity index (χ2n) is 7.07. The van der Waals surface area contributed by atoms with Crippen molar-refractivity contribution in [3.63, 3.8) is 0 Å². The van der Waals surface area contributed by atoms with Gasteiger partial charge >= 0.3 is 0 Å². The minimum absolute atomic E-state index is 0. The molecule has 5 nitrogen and oxygen atoms in total. The van der Waals surface area contributed by atoms with Gasteiger partial charge in [-0.05, 0) is 36.2 Å². The van der Waals surface area contributed by atoms with Gasteiger partial charge in [-0.2, -0.15) is 0 Å². The number of halogens is 2. The number of benzene rings is 2. The van der Waals surface area contributed by atoms with Crippen LogP contribution in [0.15, 0.2) is 53.5 Å². The number of rotatable bonds is 7. The molecule has 0 aromatic heterocycles. The quantitative estimate of drug-likeness (QED) is 0.341. The van der Waals surface area contributed by atoms with Crippen molar-refractivity contribution in [2.24, 2.45) is 10.7 Å². The Balaban J connectivity index is 0.00000300.